The van der Waals surface area contributed by atoms with Crippen molar-refractivity contribution in [2.24, 2.45) is 0 Å². The quantitative estimate of drug-likeness (QED) is 0.881. The van der Waals surface area contributed by atoms with Crippen LogP contribution in [0.5, 0.6) is 0 Å². The fourth-order valence-electron chi connectivity index (χ4n) is 3.36. The first-order valence-corrected chi connectivity index (χ1v) is 8.28. The number of benzene rings is 1. The van der Waals surface area contributed by atoms with Gasteiger partial charge in [0.2, 0.25) is 0 Å². The van der Waals surface area contributed by atoms with Crippen LogP contribution in [0.4, 0.5) is 11.5 Å². The first-order chi connectivity index (χ1) is 10.8. The number of aromatic nitrogens is 1. The van der Waals surface area contributed by atoms with E-state index in [0.29, 0.717) is 12.1 Å². The molecule has 1 saturated heterocycles. The van der Waals surface area contributed by atoms with E-state index in [1.165, 1.54) is 31.4 Å². The van der Waals surface area contributed by atoms with Crippen molar-refractivity contribution in [2.45, 2.75) is 45.2 Å². The summed E-state index contributed by atoms with van der Waals surface area (Å²) in [6, 6.07) is 15.6. The predicted molar refractivity (Wildman–Crippen MR) is 92.4 cm³/mol. The van der Waals surface area contributed by atoms with Crippen molar-refractivity contribution in [1.82, 2.24) is 9.88 Å². The molecule has 3 rings (SSSR count). The van der Waals surface area contributed by atoms with Gasteiger partial charge in [0.05, 0.1) is 0 Å². The maximum Gasteiger partial charge on any atom is 0.135 e. The first-order valence-electron chi connectivity index (χ1n) is 8.28. The largest absolute Gasteiger partial charge is 0.340 e. The van der Waals surface area contributed by atoms with Gasteiger partial charge >= 0.3 is 0 Å². The number of piperidine rings is 1. The Morgan fingerprint density at radius 2 is 1.91 bits per heavy atom. The average Bonchev–Trinajstić information content (AvgIpc) is 2.56. The van der Waals surface area contributed by atoms with E-state index < -0.39 is 0 Å². The molecule has 1 aliphatic rings. The molecule has 0 saturated carbocycles. The number of pyridine rings is 1. The maximum absolute atomic E-state index is 4.61. The van der Waals surface area contributed by atoms with Gasteiger partial charge in [-0.05, 0) is 51.4 Å². The minimum absolute atomic E-state index is 0.466. The summed E-state index contributed by atoms with van der Waals surface area (Å²) in [5.41, 5.74) is 2.41. The fourth-order valence-corrected chi connectivity index (χ4v) is 3.36. The Hall–Kier alpha value is -1.87. The standard InChI is InChI=1S/C19H25N3/c1-15(2)22-14-7-6-12-18(22)17-11-8-13-20-19(17)21-16-9-4-3-5-10-16/h3-5,8-11,13,15,18H,6-7,12,14H2,1-2H3,(H,20,21)/t18-/m1/s1. The van der Waals surface area contributed by atoms with Crippen molar-refractivity contribution < 1.29 is 0 Å². The second-order valence-electron chi connectivity index (χ2n) is 6.28. The molecule has 1 atom stereocenters. The normalized spacial score (nSPS) is 19.3. The summed E-state index contributed by atoms with van der Waals surface area (Å²) >= 11 is 0. The van der Waals surface area contributed by atoms with Crippen LogP contribution in [-0.4, -0.2) is 22.5 Å². The van der Waals surface area contributed by atoms with E-state index in [2.05, 4.69) is 53.3 Å². The van der Waals surface area contributed by atoms with Crippen LogP contribution in [0.1, 0.15) is 44.7 Å². The number of nitrogens with one attached hydrogen (secondary N) is 1. The highest BCUT2D eigenvalue weighted by Gasteiger charge is 2.27. The second kappa shape index (κ2) is 6.93. The molecule has 0 unspecified atom stereocenters. The van der Waals surface area contributed by atoms with Gasteiger partial charge in [-0.3, -0.25) is 4.90 Å². The number of hydrogen-bond donors (Lipinski definition) is 1. The van der Waals surface area contributed by atoms with Crippen molar-refractivity contribution in [3.05, 3.63) is 54.2 Å². The van der Waals surface area contributed by atoms with E-state index in [1.54, 1.807) is 0 Å². The Balaban J connectivity index is 1.90. The van der Waals surface area contributed by atoms with Gasteiger partial charge in [-0.15, -0.1) is 0 Å². The molecule has 0 amide bonds. The van der Waals surface area contributed by atoms with Crippen LogP contribution < -0.4 is 5.32 Å². The Kier molecular flexibility index (Phi) is 4.74. The van der Waals surface area contributed by atoms with Crippen molar-refractivity contribution in [3.63, 3.8) is 0 Å². The third kappa shape index (κ3) is 3.30. The van der Waals surface area contributed by atoms with Gasteiger partial charge in [-0.1, -0.05) is 30.7 Å². The number of anilines is 2. The number of nitrogens with zero attached hydrogens (tertiary/aromatic N) is 2. The van der Waals surface area contributed by atoms with Gasteiger partial charge in [-0.2, -0.15) is 0 Å². The zero-order valence-corrected chi connectivity index (χ0v) is 13.5. The molecule has 1 aliphatic heterocycles. The number of likely N-dealkylation sites (tertiary alicyclic amines) is 1. The van der Waals surface area contributed by atoms with Gasteiger partial charge in [0.25, 0.3) is 0 Å². The molecule has 116 valence electrons. The highest BCUT2D eigenvalue weighted by atomic mass is 15.2. The lowest BCUT2D eigenvalue weighted by Gasteiger charge is -2.39. The minimum Gasteiger partial charge on any atom is -0.340 e. The van der Waals surface area contributed by atoms with Gasteiger partial charge < -0.3 is 5.32 Å². The number of rotatable bonds is 4. The second-order valence-corrected chi connectivity index (χ2v) is 6.28. The third-order valence-electron chi connectivity index (χ3n) is 4.44. The molecule has 0 aliphatic carbocycles. The zero-order chi connectivity index (χ0) is 15.4. The highest BCUT2D eigenvalue weighted by Crippen LogP contribution is 2.36. The molecule has 1 aromatic heterocycles. The van der Waals surface area contributed by atoms with Crippen molar-refractivity contribution in [3.8, 4) is 0 Å². The van der Waals surface area contributed by atoms with Crippen molar-refractivity contribution in [1.29, 1.82) is 0 Å². The minimum atomic E-state index is 0.466. The van der Waals surface area contributed by atoms with E-state index in [9.17, 15) is 0 Å². The highest BCUT2D eigenvalue weighted by molar-refractivity contribution is 5.59. The molecule has 2 aromatic rings. The predicted octanol–water partition coefficient (Wildman–Crippen LogP) is 4.76. The Morgan fingerprint density at radius 3 is 2.68 bits per heavy atom. The summed E-state index contributed by atoms with van der Waals surface area (Å²) in [5.74, 6) is 0.992. The van der Waals surface area contributed by atoms with Gasteiger partial charge in [0.15, 0.2) is 0 Å². The lowest BCUT2D eigenvalue weighted by molar-refractivity contribution is 0.112. The summed E-state index contributed by atoms with van der Waals surface area (Å²) in [7, 11) is 0. The van der Waals surface area contributed by atoms with E-state index >= 15 is 0 Å². The molecular formula is C19H25N3. The smallest absolute Gasteiger partial charge is 0.135 e. The summed E-state index contributed by atoms with van der Waals surface area (Å²) in [6.45, 7) is 5.76. The molecule has 0 bridgehead atoms. The topological polar surface area (TPSA) is 28.2 Å². The molecule has 1 aromatic carbocycles. The zero-order valence-electron chi connectivity index (χ0n) is 13.5. The summed E-state index contributed by atoms with van der Waals surface area (Å²) < 4.78 is 0. The van der Waals surface area contributed by atoms with Crippen LogP contribution >= 0.6 is 0 Å². The Labute approximate surface area is 133 Å². The maximum atomic E-state index is 4.61. The third-order valence-corrected chi connectivity index (χ3v) is 4.44. The molecule has 0 spiro atoms. The van der Waals surface area contributed by atoms with Crippen LogP contribution in [0.3, 0.4) is 0 Å². The monoisotopic (exact) mass is 295 g/mol. The molecule has 3 heteroatoms. The molecule has 1 N–H and O–H groups in total. The fraction of sp³-hybridized carbons (Fsp3) is 0.421. The lowest BCUT2D eigenvalue weighted by Crippen LogP contribution is -2.38. The average molecular weight is 295 g/mol. The molecule has 2 heterocycles. The molecule has 1 fully saturated rings. The Morgan fingerprint density at radius 1 is 1.09 bits per heavy atom. The molecule has 3 nitrogen and oxygen atoms in total. The van der Waals surface area contributed by atoms with Crippen LogP contribution in [0, 0.1) is 0 Å². The molecular weight excluding hydrogens is 270 g/mol. The first kappa shape index (κ1) is 15.0. The van der Waals surface area contributed by atoms with Crippen molar-refractivity contribution >= 4 is 11.5 Å². The lowest BCUT2D eigenvalue weighted by atomic mass is 9.94. The van der Waals surface area contributed by atoms with Gasteiger partial charge in [0.1, 0.15) is 5.82 Å². The van der Waals surface area contributed by atoms with Gasteiger partial charge in [-0.25, -0.2) is 4.98 Å². The van der Waals surface area contributed by atoms with E-state index in [4.69, 9.17) is 0 Å². The van der Waals surface area contributed by atoms with Crippen LogP contribution in [-0.2, 0) is 0 Å². The molecule has 0 radical (unpaired) electrons. The SMILES string of the molecule is CC(C)N1CCCC[C@@H]1c1cccnc1Nc1ccccc1. The van der Waals surface area contributed by atoms with Crippen LogP contribution in [0.15, 0.2) is 48.7 Å². The van der Waals surface area contributed by atoms with Crippen LogP contribution in [0.2, 0.25) is 0 Å². The van der Waals surface area contributed by atoms with Crippen LogP contribution in [0.25, 0.3) is 0 Å². The van der Waals surface area contributed by atoms with E-state index in [1.807, 2.05) is 24.4 Å². The van der Waals surface area contributed by atoms with E-state index in [-0.39, 0.29) is 0 Å². The summed E-state index contributed by atoms with van der Waals surface area (Å²) in [4.78, 5) is 7.21. The Bertz CT molecular complexity index is 595. The van der Waals surface area contributed by atoms with Crippen molar-refractivity contribution in [2.75, 3.05) is 11.9 Å². The van der Waals surface area contributed by atoms with Gasteiger partial charge in [0, 0.05) is 29.5 Å². The number of hydrogen-bond acceptors (Lipinski definition) is 3. The van der Waals surface area contributed by atoms with E-state index in [0.717, 1.165) is 11.5 Å². The number of para-hydroxylation sites is 1. The summed E-state index contributed by atoms with van der Waals surface area (Å²) in [5, 5.41) is 3.49. The summed E-state index contributed by atoms with van der Waals surface area (Å²) in [6.07, 6.45) is 5.69. The molecule has 22 heavy (non-hydrogen) atoms.